The highest BCUT2D eigenvalue weighted by atomic mass is 16.2. The number of nitrogens with two attached hydrogens (primary N) is 1. The van der Waals surface area contributed by atoms with Crippen LogP contribution in [0.2, 0.25) is 0 Å². The fourth-order valence-electron chi connectivity index (χ4n) is 0.845. The van der Waals surface area contributed by atoms with Gasteiger partial charge in [0.1, 0.15) is 0 Å². The number of hydrogen-bond acceptors (Lipinski definition) is 3. The zero-order valence-corrected chi connectivity index (χ0v) is 7.82. The average molecular weight is 182 g/mol. The molecule has 1 rings (SSSR count). The summed E-state index contributed by atoms with van der Waals surface area (Å²) in [6, 6.07) is 1.23. The highest BCUT2D eigenvalue weighted by Crippen LogP contribution is 2.02. The molecule has 0 aromatic carbocycles. The summed E-state index contributed by atoms with van der Waals surface area (Å²) in [6.45, 7) is 4.39. The number of aromatic nitrogens is 2. The summed E-state index contributed by atoms with van der Waals surface area (Å²) in [7, 11) is 0. The van der Waals surface area contributed by atoms with Crippen molar-refractivity contribution in [3.8, 4) is 0 Å². The molecule has 0 aliphatic rings. The first-order valence-electron chi connectivity index (χ1n) is 4.23. The zero-order valence-electron chi connectivity index (χ0n) is 7.82. The van der Waals surface area contributed by atoms with Gasteiger partial charge in [0.05, 0.1) is 6.04 Å². The lowest BCUT2D eigenvalue weighted by atomic mass is 10.3. The van der Waals surface area contributed by atoms with E-state index in [4.69, 9.17) is 5.73 Å². The fraction of sp³-hybridized carbons (Fsp3) is 0.500. The van der Waals surface area contributed by atoms with Gasteiger partial charge in [0.2, 0.25) is 5.91 Å². The second-order valence-electron chi connectivity index (χ2n) is 2.83. The van der Waals surface area contributed by atoms with Gasteiger partial charge in [-0.3, -0.25) is 9.48 Å². The summed E-state index contributed by atoms with van der Waals surface area (Å²) in [5.74, 6) is 0.325. The van der Waals surface area contributed by atoms with Gasteiger partial charge in [-0.1, -0.05) is 0 Å². The molecule has 3 N–H and O–H groups in total. The van der Waals surface area contributed by atoms with E-state index in [-0.39, 0.29) is 5.91 Å². The van der Waals surface area contributed by atoms with Gasteiger partial charge in [-0.25, -0.2) is 0 Å². The van der Waals surface area contributed by atoms with Crippen molar-refractivity contribution < 1.29 is 4.79 Å². The maximum absolute atomic E-state index is 11.1. The molecule has 1 heterocycles. The fourth-order valence-corrected chi connectivity index (χ4v) is 0.845. The molecule has 1 amide bonds. The van der Waals surface area contributed by atoms with Crippen LogP contribution in [0.25, 0.3) is 0 Å². The SMILES string of the molecule is CCn1ccc(NC(=O)[C@H](C)N)n1. The van der Waals surface area contributed by atoms with E-state index in [1.807, 2.05) is 6.92 Å². The lowest BCUT2D eigenvalue weighted by molar-refractivity contribution is -0.117. The van der Waals surface area contributed by atoms with Crippen LogP contribution in [-0.2, 0) is 11.3 Å². The molecule has 0 radical (unpaired) electrons. The molecule has 0 saturated heterocycles. The first kappa shape index (κ1) is 9.73. The second-order valence-corrected chi connectivity index (χ2v) is 2.83. The number of hydrogen-bond donors (Lipinski definition) is 2. The molecule has 5 heteroatoms. The molecule has 1 aromatic rings. The molecule has 0 fully saturated rings. The van der Waals surface area contributed by atoms with E-state index in [9.17, 15) is 4.79 Å². The highest BCUT2D eigenvalue weighted by Gasteiger charge is 2.08. The maximum Gasteiger partial charge on any atom is 0.242 e. The Morgan fingerprint density at radius 1 is 1.85 bits per heavy atom. The standard InChI is InChI=1S/C8H14N4O/c1-3-12-5-4-7(11-12)10-8(13)6(2)9/h4-6H,3,9H2,1-2H3,(H,10,11,13)/t6-/m0/s1. The lowest BCUT2D eigenvalue weighted by Gasteiger charge is -2.03. The number of rotatable bonds is 3. The molecule has 0 aliphatic carbocycles. The predicted molar refractivity (Wildman–Crippen MR) is 50.2 cm³/mol. The Morgan fingerprint density at radius 2 is 2.54 bits per heavy atom. The largest absolute Gasteiger partial charge is 0.320 e. The minimum atomic E-state index is -0.508. The summed E-state index contributed by atoms with van der Waals surface area (Å²) in [5, 5.41) is 6.68. The van der Waals surface area contributed by atoms with Gasteiger partial charge in [-0.2, -0.15) is 5.10 Å². The lowest BCUT2D eigenvalue weighted by Crippen LogP contribution is -2.32. The van der Waals surface area contributed by atoms with E-state index in [0.29, 0.717) is 5.82 Å². The Bertz CT molecular complexity index is 292. The number of nitrogens with zero attached hydrogens (tertiary/aromatic N) is 2. The Morgan fingerprint density at radius 3 is 3.00 bits per heavy atom. The number of nitrogens with one attached hydrogen (secondary N) is 1. The van der Waals surface area contributed by atoms with Crippen LogP contribution in [0.3, 0.4) is 0 Å². The molecular weight excluding hydrogens is 168 g/mol. The Kier molecular flexibility index (Phi) is 3.02. The first-order valence-corrected chi connectivity index (χ1v) is 4.23. The first-order chi connectivity index (χ1) is 6.13. The molecule has 13 heavy (non-hydrogen) atoms. The van der Waals surface area contributed by atoms with Crippen molar-refractivity contribution in [1.29, 1.82) is 0 Å². The summed E-state index contributed by atoms with van der Waals surface area (Å²) in [5.41, 5.74) is 5.38. The Hall–Kier alpha value is -1.36. The van der Waals surface area contributed by atoms with Gasteiger partial charge < -0.3 is 11.1 Å². The molecule has 0 aliphatic heterocycles. The number of amides is 1. The van der Waals surface area contributed by atoms with Gasteiger partial charge in [-0.15, -0.1) is 0 Å². The van der Waals surface area contributed by atoms with E-state index < -0.39 is 6.04 Å². The summed E-state index contributed by atoms with van der Waals surface area (Å²) < 4.78 is 1.73. The molecule has 1 atom stereocenters. The summed E-state index contributed by atoms with van der Waals surface area (Å²) in [4.78, 5) is 11.1. The molecule has 72 valence electrons. The van der Waals surface area contributed by atoms with Crippen molar-refractivity contribution in [3.63, 3.8) is 0 Å². The van der Waals surface area contributed by atoms with E-state index in [0.717, 1.165) is 6.54 Å². The van der Waals surface area contributed by atoms with Crippen LogP contribution in [0.5, 0.6) is 0 Å². The van der Waals surface area contributed by atoms with Crippen LogP contribution < -0.4 is 11.1 Å². The van der Waals surface area contributed by atoms with E-state index in [1.54, 1.807) is 23.9 Å². The van der Waals surface area contributed by atoms with Gasteiger partial charge in [0.15, 0.2) is 5.82 Å². The topological polar surface area (TPSA) is 72.9 Å². The predicted octanol–water partition coefficient (Wildman–Crippen LogP) is 0.189. The van der Waals surface area contributed by atoms with E-state index in [2.05, 4.69) is 10.4 Å². The average Bonchev–Trinajstić information content (AvgIpc) is 2.52. The minimum Gasteiger partial charge on any atom is -0.320 e. The van der Waals surface area contributed by atoms with Gasteiger partial charge in [0.25, 0.3) is 0 Å². The third-order valence-electron chi connectivity index (χ3n) is 1.63. The van der Waals surface area contributed by atoms with Crippen LogP contribution in [-0.4, -0.2) is 21.7 Å². The quantitative estimate of drug-likeness (QED) is 0.700. The maximum atomic E-state index is 11.1. The van der Waals surface area contributed by atoms with Crippen molar-refractivity contribution >= 4 is 11.7 Å². The van der Waals surface area contributed by atoms with Crippen LogP contribution in [0.1, 0.15) is 13.8 Å². The molecule has 0 unspecified atom stereocenters. The van der Waals surface area contributed by atoms with Gasteiger partial charge >= 0.3 is 0 Å². The van der Waals surface area contributed by atoms with Crippen molar-refractivity contribution in [3.05, 3.63) is 12.3 Å². The number of anilines is 1. The molecule has 5 nitrogen and oxygen atoms in total. The van der Waals surface area contributed by atoms with E-state index >= 15 is 0 Å². The third kappa shape index (κ3) is 2.55. The second kappa shape index (κ2) is 4.04. The third-order valence-corrected chi connectivity index (χ3v) is 1.63. The normalized spacial score (nSPS) is 12.5. The van der Waals surface area contributed by atoms with Gasteiger partial charge in [0, 0.05) is 18.8 Å². The van der Waals surface area contributed by atoms with Crippen LogP contribution in [0.4, 0.5) is 5.82 Å². The summed E-state index contributed by atoms with van der Waals surface area (Å²) >= 11 is 0. The Balaban J connectivity index is 2.59. The van der Waals surface area contributed by atoms with Crippen LogP contribution in [0, 0.1) is 0 Å². The molecule has 0 saturated carbocycles. The highest BCUT2D eigenvalue weighted by molar-refractivity contribution is 5.93. The Labute approximate surface area is 76.9 Å². The molecule has 0 bridgehead atoms. The monoisotopic (exact) mass is 182 g/mol. The van der Waals surface area contributed by atoms with Crippen LogP contribution in [0.15, 0.2) is 12.3 Å². The van der Waals surface area contributed by atoms with Crippen molar-refractivity contribution in [2.45, 2.75) is 26.4 Å². The molecule has 0 spiro atoms. The number of carbonyl (C=O) groups is 1. The van der Waals surface area contributed by atoms with Gasteiger partial charge in [-0.05, 0) is 13.8 Å². The number of carbonyl (C=O) groups excluding carboxylic acids is 1. The van der Waals surface area contributed by atoms with E-state index in [1.165, 1.54) is 0 Å². The van der Waals surface area contributed by atoms with Crippen molar-refractivity contribution in [2.24, 2.45) is 5.73 Å². The van der Waals surface area contributed by atoms with Crippen LogP contribution >= 0.6 is 0 Å². The zero-order chi connectivity index (χ0) is 9.84. The summed E-state index contributed by atoms with van der Waals surface area (Å²) in [6.07, 6.45) is 1.80. The van der Waals surface area contributed by atoms with Crippen molar-refractivity contribution in [1.82, 2.24) is 9.78 Å². The molecule has 1 aromatic heterocycles. The number of aryl methyl sites for hydroxylation is 1. The minimum absolute atomic E-state index is 0.221. The molecular formula is C8H14N4O. The smallest absolute Gasteiger partial charge is 0.242 e. The van der Waals surface area contributed by atoms with Crippen molar-refractivity contribution in [2.75, 3.05) is 5.32 Å².